The van der Waals surface area contributed by atoms with Gasteiger partial charge < -0.3 is 14.8 Å². The number of nitrogens with one attached hydrogen (secondary N) is 2. The number of halogens is 2. The lowest BCUT2D eigenvalue weighted by atomic mass is 10.3. The largest absolute Gasteiger partial charge is 0.495 e. The Labute approximate surface area is 180 Å². The molecule has 2 aromatic carbocycles. The molecule has 0 saturated heterocycles. The summed E-state index contributed by atoms with van der Waals surface area (Å²) < 4.78 is 37.4. The fraction of sp³-hybridized carbons (Fsp3) is 0.316. The van der Waals surface area contributed by atoms with Gasteiger partial charge in [-0.25, -0.2) is 13.1 Å². The van der Waals surface area contributed by atoms with Crippen LogP contribution in [0.25, 0.3) is 0 Å². The fourth-order valence-corrected chi connectivity index (χ4v) is 3.97. The van der Waals surface area contributed by atoms with E-state index in [1.807, 2.05) is 6.92 Å². The summed E-state index contributed by atoms with van der Waals surface area (Å²) in [5.41, 5.74) is 0.482. The second-order valence-electron chi connectivity index (χ2n) is 6.03. The maximum absolute atomic E-state index is 12.2. The number of ether oxygens (including phenoxy) is 2. The molecule has 0 aliphatic carbocycles. The Balaban J connectivity index is 1.96. The summed E-state index contributed by atoms with van der Waals surface area (Å²) in [7, 11) is -2.15. The third-order valence-electron chi connectivity index (χ3n) is 3.83. The first-order valence-electron chi connectivity index (χ1n) is 8.82. The summed E-state index contributed by atoms with van der Waals surface area (Å²) in [5.74, 6) is 0.259. The average Bonchev–Trinajstić information content (AvgIpc) is 2.67. The molecule has 0 bridgehead atoms. The minimum absolute atomic E-state index is 0.0308. The Hall–Kier alpha value is -2.00. The summed E-state index contributed by atoms with van der Waals surface area (Å²) >= 11 is 12.1. The summed E-state index contributed by atoms with van der Waals surface area (Å²) in [6, 6.07) is 8.89. The van der Waals surface area contributed by atoms with Crippen LogP contribution in [0, 0.1) is 0 Å². The van der Waals surface area contributed by atoms with Crippen molar-refractivity contribution in [2.45, 2.75) is 24.7 Å². The Bertz CT molecular complexity index is 967. The third-order valence-corrected chi connectivity index (χ3v) is 5.88. The van der Waals surface area contributed by atoms with Crippen LogP contribution >= 0.6 is 23.2 Å². The third kappa shape index (κ3) is 6.78. The van der Waals surface area contributed by atoms with Crippen LogP contribution in [0.15, 0.2) is 41.3 Å². The van der Waals surface area contributed by atoms with Gasteiger partial charge in [-0.3, -0.25) is 4.79 Å². The molecule has 0 unspecified atom stereocenters. The summed E-state index contributed by atoms with van der Waals surface area (Å²) in [6.07, 6.45) is 1.61. The molecule has 0 aliphatic rings. The summed E-state index contributed by atoms with van der Waals surface area (Å²) in [6.45, 7) is 2.01. The molecule has 29 heavy (non-hydrogen) atoms. The van der Waals surface area contributed by atoms with Gasteiger partial charge in [-0.1, -0.05) is 36.5 Å². The Morgan fingerprint density at radius 1 is 1.07 bits per heavy atom. The van der Waals surface area contributed by atoms with Crippen LogP contribution in [-0.4, -0.2) is 34.6 Å². The minimum atomic E-state index is -3.65. The number of anilines is 1. The van der Waals surface area contributed by atoms with Crippen LogP contribution in [0.2, 0.25) is 10.0 Å². The molecule has 0 aromatic heterocycles. The first-order valence-corrected chi connectivity index (χ1v) is 11.1. The van der Waals surface area contributed by atoms with Crippen LogP contribution in [-0.2, 0) is 14.8 Å². The number of hydrogen-bond acceptors (Lipinski definition) is 5. The maximum atomic E-state index is 12.2. The number of rotatable bonds is 10. The lowest BCUT2D eigenvalue weighted by Crippen LogP contribution is -2.24. The van der Waals surface area contributed by atoms with E-state index < -0.39 is 15.9 Å². The lowest BCUT2D eigenvalue weighted by molar-refractivity contribution is -0.118. The first kappa shape index (κ1) is 23.3. The molecule has 2 rings (SSSR count). The maximum Gasteiger partial charge on any atom is 0.262 e. The van der Waals surface area contributed by atoms with E-state index in [4.69, 9.17) is 32.7 Å². The molecule has 0 atom stereocenters. The van der Waals surface area contributed by atoms with Gasteiger partial charge >= 0.3 is 0 Å². The van der Waals surface area contributed by atoms with E-state index in [1.165, 1.54) is 25.3 Å². The molecular formula is C19H22Cl2N2O5S. The molecule has 0 saturated carbocycles. The van der Waals surface area contributed by atoms with Gasteiger partial charge in [-0.2, -0.15) is 0 Å². The molecule has 10 heteroatoms. The van der Waals surface area contributed by atoms with Crippen molar-refractivity contribution >= 4 is 44.8 Å². The van der Waals surface area contributed by atoms with E-state index in [-0.39, 0.29) is 22.3 Å². The van der Waals surface area contributed by atoms with Gasteiger partial charge in [0.15, 0.2) is 6.61 Å². The van der Waals surface area contributed by atoms with Gasteiger partial charge in [-0.05, 0) is 42.8 Å². The standard InChI is InChI=1S/C19H22Cl2N2O5S/c1-3-4-9-22-29(25,26)14-6-8-18(16(21)11-14)28-12-19(24)23-13-5-7-17(27-2)15(20)10-13/h5-8,10-11,22H,3-4,9,12H2,1-2H3,(H,23,24). The Morgan fingerprint density at radius 3 is 2.38 bits per heavy atom. The number of hydrogen-bond donors (Lipinski definition) is 2. The molecule has 2 N–H and O–H groups in total. The second-order valence-corrected chi connectivity index (χ2v) is 8.61. The van der Waals surface area contributed by atoms with E-state index in [2.05, 4.69) is 10.0 Å². The van der Waals surface area contributed by atoms with Gasteiger partial charge in [0.05, 0.1) is 22.1 Å². The van der Waals surface area contributed by atoms with E-state index in [0.29, 0.717) is 23.0 Å². The summed E-state index contributed by atoms with van der Waals surface area (Å²) in [5, 5.41) is 3.08. The number of carbonyl (C=O) groups excluding carboxylic acids is 1. The smallest absolute Gasteiger partial charge is 0.262 e. The normalized spacial score (nSPS) is 11.2. The zero-order valence-electron chi connectivity index (χ0n) is 16.0. The molecule has 2 aromatic rings. The number of carbonyl (C=O) groups is 1. The Kier molecular flexibility index (Phi) is 8.58. The van der Waals surface area contributed by atoms with Gasteiger partial charge in [0.1, 0.15) is 11.5 Å². The zero-order chi connectivity index (χ0) is 21.4. The van der Waals surface area contributed by atoms with Crippen molar-refractivity contribution in [2.75, 3.05) is 25.6 Å². The molecule has 0 aliphatic heterocycles. The molecular weight excluding hydrogens is 439 g/mol. The van der Waals surface area contributed by atoms with Crippen molar-refractivity contribution in [1.82, 2.24) is 4.72 Å². The quantitative estimate of drug-likeness (QED) is 0.520. The number of sulfonamides is 1. The predicted octanol–water partition coefficient (Wildman–Crippen LogP) is 4.10. The highest BCUT2D eigenvalue weighted by Gasteiger charge is 2.16. The first-order chi connectivity index (χ1) is 13.8. The topological polar surface area (TPSA) is 93.7 Å². The lowest BCUT2D eigenvalue weighted by Gasteiger charge is -2.11. The Morgan fingerprint density at radius 2 is 1.76 bits per heavy atom. The monoisotopic (exact) mass is 460 g/mol. The van der Waals surface area contributed by atoms with Crippen LogP contribution in [0.5, 0.6) is 11.5 Å². The molecule has 158 valence electrons. The predicted molar refractivity (Wildman–Crippen MR) is 114 cm³/mol. The molecule has 0 radical (unpaired) electrons. The number of benzene rings is 2. The molecule has 0 fully saturated rings. The van der Waals surface area contributed by atoms with Gasteiger partial charge in [0.25, 0.3) is 5.91 Å². The molecule has 1 amide bonds. The van der Waals surface area contributed by atoms with Crippen LogP contribution < -0.4 is 19.5 Å². The van der Waals surface area contributed by atoms with Gasteiger partial charge in [-0.15, -0.1) is 0 Å². The highest BCUT2D eigenvalue weighted by Crippen LogP contribution is 2.28. The van der Waals surface area contributed by atoms with E-state index >= 15 is 0 Å². The second kappa shape index (κ2) is 10.7. The van der Waals surface area contributed by atoms with Crippen molar-refractivity contribution in [1.29, 1.82) is 0 Å². The van der Waals surface area contributed by atoms with Crippen LogP contribution in [0.4, 0.5) is 5.69 Å². The van der Waals surface area contributed by atoms with E-state index in [1.54, 1.807) is 18.2 Å². The van der Waals surface area contributed by atoms with E-state index in [0.717, 1.165) is 12.8 Å². The van der Waals surface area contributed by atoms with Crippen LogP contribution in [0.3, 0.4) is 0 Å². The average molecular weight is 461 g/mol. The fourth-order valence-electron chi connectivity index (χ4n) is 2.32. The molecule has 0 heterocycles. The van der Waals surface area contributed by atoms with Crippen molar-refractivity contribution in [3.63, 3.8) is 0 Å². The molecule has 0 spiro atoms. The van der Waals surface area contributed by atoms with Crippen molar-refractivity contribution in [3.8, 4) is 11.5 Å². The molecule has 7 nitrogen and oxygen atoms in total. The van der Waals surface area contributed by atoms with Gasteiger partial charge in [0, 0.05) is 12.2 Å². The minimum Gasteiger partial charge on any atom is -0.495 e. The number of methoxy groups -OCH3 is 1. The van der Waals surface area contributed by atoms with Gasteiger partial charge in [0.2, 0.25) is 10.0 Å². The number of amides is 1. The zero-order valence-corrected chi connectivity index (χ0v) is 18.3. The number of unbranched alkanes of at least 4 members (excludes halogenated alkanes) is 1. The SMILES string of the molecule is CCCCNS(=O)(=O)c1ccc(OCC(=O)Nc2ccc(OC)c(Cl)c2)c(Cl)c1. The van der Waals surface area contributed by atoms with Crippen LogP contribution in [0.1, 0.15) is 19.8 Å². The summed E-state index contributed by atoms with van der Waals surface area (Å²) in [4.78, 5) is 12.1. The van der Waals surface area contributed by atoms with E-state index in [9.17, 15) is 13.2 Å². The highest BCUT2D eigenvalue weighted by atomic mass is 35.5. The van der Waals surface area contributed by atoms with Crippen molar-refractivity contribution in [3.05, 3.63) is 46.4 Å². The van der Waals surface area contributed by atoms with Crippen molar-refractivity contribution < 1.29 is 22.7 Å². The van der Waals surface area contributed by atoms with Crippen molar-refractivity contribution in [2.24, 2.45) is 0 Å². The highest BCUT2D eigenvalue weighted by molar-refractivity contribution is 7.89.